The monoisotopic (exact) mass is 515 g/mol. The predicted octanol–water partition coefficient (Wildman–Crippen LogP) is -3.14. The lowest BCUT2D eigenvalue weighted by atomic mass is 10.1. The first-order chi connectivity index (χ1) is 17.0. The van der Waals surface area contributed by atoms with E-state index in [1.54, 1.807) is 19.6 Å². The van der Waals surface area contributed by atoms with Gasteiger partial charge in [0.15, 0.2) is 0 Å². The number of nitrogens with zero attached hydrogens (tertiary/aromatic N) is 4. The highest BCUT2D eigenvalue weighted by atomic mass is 16.4. The molecule has 1 rings (SSSR count). The van der Waals surface area contributed by atoms with Gasteiger partial charge in [0, 0.05) is 65.3 Å². The molecule has 0 saturated carbocycles. The average Bonchev–Trinajstić information content (AvgIpc) is 2.77. The quantitative estimate of drug-likeness (QED) is 0.155. The van der Waals surface area contributed by atoms with Crippen LogP contribution >= 0.6 is 0 Å². The zero-order valence-corrected chi connectivity index (χ0v) is 20.8. The number of carboxylic acids is 4. The van der Waals surface area contributed by atoms with E-state index in [9.17, 15) is 44.4 Å². The molecule has 1 saturated heterocycles. The third-order valence-corrected chi connectivity index (χ3v) is 5.89. The number of rotatable bonds is 13. The molecule has 0 radical (unpaired) electrons. The maximum absolute atomic E-state index is 12.1. The minimum atomic E-state index is -1.12. The summed E-state index contributed by atoms with van der Waals surface area (Å²) in [5, 5.41) is 40.4. The first-order valence-corrected chi connectivity index (χ1v) is 12.1. The van der Waals surface area contributed by atoms with Gasteiger partial charge in [-0.2, -0.15) is 0 Å². The Bertz CT molecular complexity index is 725. The molecule has 1 heterocycles. The molecule has 1 aliphatic heterocycles. The van der Waals surface area contributed by atoms with Gasteiger partial charge < -0.3 is 25.7 Å². The number of nitrogens with one attached hydrogen (secondary N) is 1. The number of carboxylic acid groups (broad SMARTS) is 4. The van der Waals surface area contributed by atoms with Crippen LogP contribution in [-0.2, 0) is 24.0 Å². The van der Waals surface area contributed by atoms with E-state index >= 15 is 0 Å². The van der Waals surface area contributed by atoms with Gasteiger partial charge in [0.1, 0.15) is 13.9 Å². The standard InChI is InChI=1S/C21H38BN5O9/c22-3-4-23-17(28)2-1-16(21(35)36)27-11-9-25(14-19(31)32)7-5-24(13-18(29)30)6-8-26(10-12-27)15-20(33)34/h16H,1-15,22H2,(H,23,28)(H,29,30)(H,31,32)(H,33,34)(H,35,36). The summed E-state index contributed by atoms with van der Waals surface area (Å²) in [6.07, 6.45) is 0.813. The molecule has 0 aromatic rings. The maximum atomic E-state index is 12.1. The molecule has 1 amide bonds. The Morgan fingerprint density at radius 3 is 1.42 bits per heavy atom. The van der Waals surface area contributed by atoms with E-state index in [0.29, 0.717) is 6.54 Å². The maximum Gasteiger partial charge on any atom is 0.320 e. The van der Waals surface area contributed by atoms with Gasteiger partial charge >= 0.3 is 23.9 Å². The molecule has 0 aromatic heterocycles. The van der Waals surface area contributed by atoms with Crippen LogP contribution in [0.25, 0.3) is 0 Å². The Balaban J connectivity index is 3.08. The van der Waals surface area contributed by atoms with Crippen molar-refractivity contribution in [2.75, 3.05) is 78.5 Å². The number of amides is 1. The second kappa shape index (κ2) is 16.8. The average molecular weight is 515 g/mol. The van der Waals surface area contributed by atoms with Crippen LogP contribution in [0.5, 0.6) is 0 Å². The van der Waals surface area contributed by atoms with Crippen LogP contribution in [-0.4, -0.2) is 162 Å². The van der Waals surface area contributed by atoms with Gasteiger partial charge in [-0.1, -0.05) is 6.32 Å². The first-order valence-electron chi connectivity index (χ1n) is 12.1. The van der Waals surface area contributed by atoms with Crippen LogP contribution in [0.1, 0.15) is 12.8 Å². The lowest BCUT2D eigenvalue weighted by Crippen LogP contribution is -2.52. The lowest BCUT2D eigenvalue weighted by Gasteiger charge is -2.35. The number of carbonyl (C=O) groups excluding carboxylic acids is 1. The number of hydrogen-bond acceptors (Lipinski definition) is 9. The molecule has 0 bridgehead atoms. The Morgan fingerprint density at radius 1 is 0.694 bits per heavy atom. The molecule has 0 aliphatic carbocycles. The molecule has 1 atom stereocenters. The van der Waals surface area contributed by atoms with E-state index in [0.717, 1.165) is 6.32 Å². The van der Waals surface area contributed by atoms with Gasteiger partial charge in [0.05, 0.1) is 19.6 Å². The summed E-state index contributed by atoms with van der Waals surface area (Å²) in [7, 11) is 1.91. The summed E-state index contributed by atoms with van der Waals surface area (Å²) in [4.78, 5) is 64.7. The second-order valence-corrected chi connectivity index (χ2v) is 8.79. The summed E-state index contributed by atoms with van der Waals surface area (Å²) in [5.74, 6) is -4.54. The van der Waals surface area contributed by atoms with Gasteiger partial charge in [-0.25, -0.2) is 0 Å². The number of aliphatic carboxylic acids is 4. The molecule has 0 spiro atoms. The van der Waals surface area contributed by atoms with Crippen molar-refractivity contribution in [2.24, 2.45) is 0 Å². The van der Waals surface area contributed by atoms with Crippen molar-refractivity contribution >= 4 is 37.6 Å². The molecule has 14 nitrogen and oxygen atoms in total. The van der Waals surface area contributed by atoms with E-state index in [1.807, 2.05) is 7.85 Å². The molecular formula is C21H38BN5O9. The molecule has 15 heteroatoms. The predicted molar refractivity (Wildman–Crippen MR) is 131 cm³/mol. The summed E-state index contributed by atoms with van der Waals surface area (Å²) >= 11 is 0. The summed E-state index contributed by atoms with van der Waals surface area (Å²) in [5.41, 5.74) is 0. The summed E-state index contributed by atoms with van der Waals surface area (Å²) in [6, 6.07) is -1.01. The molecule has 1 fully saturated rings. The third kappa shape index (κ3) is 13.4. The molecule has 1 aliphatic rings. The van der Waals surface area contributed by atoms with Gasteiger partial charge in [0.2, 0.25) is 5.91 Å². The van der Waals surface area contributed by atoms with Gasteiger partial charge in [-0.05, 0) is 6.42 Å². The highest BCUT2D eigenvalue weighted by molar-refractivity contribution is 6.08. The smallest absolute Gasteiger partial charge is 0.320 e. The van der Waals surface area contributed by atoms with Crippen LogP contribution in [0.2, 0.25) is 6.32 Å². The molecule has 5 N–H and O–H groups in total. The molecule has 36 heavy (non-hydrogen) atoms. The number of hydrogen-bond donors (Lipinski definition) is 5. The van der Waals surface area contributed by atoms with Gasteiger partial charge in [0.25, 0.3) is 0 Å². The minimum absolute atomic E-state index is 0.00922. The van der Waals surface area contributed by atoms with E-state index in [4.69, 9.17) is 0 Å². The summed E-state index contributed by atoms with van der Waals surface area (Å²) < 4.78 is 0. The highest BCUT2D eigenvalue weighted by Gasteiger charge is 2.28. The van der Waals surface area contributed by atoms with Crippen LogP contribution in [0, 0.1) is 0 Å². The fourth-order valence-corrected chi connectivity index (χ4v) is 4.00. The van der Waals surface area contributed by atoms with E-state index in [1.165, 1.54) is 0 Å². The molecular weight excluding hydrogens is 477 g/mol. The van der Waals surface area contributed by atoms with Crippen LogP contribution in [0.15, 0.2) is 0 Å². The Hall–Kier alpha value is -2.75. The molecule has 1 unspecified atom stereocenters. The largest absolute Gasteiger partial charge is 0.480 e. The fraction of sp³-hybridized carbons (Fsp3) is 0.762. The first kappa shape index (κ1) is 31.3. The Kier molecular flexibility index (Phi) is 14.6. The number of carbonyl (C=O) groups is 5. The van der Waals surface area contributed by atoms with Crippen LogP contribution in [0.3, 0.4) is 0 Å². The van der Waals surface area contributed by atoms with E-state index in [2.05, 4.69) is 5.32 Å². The van der Waals surface area contributed by atoms with Crippen molar-refractivity contribution in [3.05, 3.63) is 0 Å². The third-order valence-electron chi connectivity index (χ3n) is 5.89. The van der Waals surface area contributed by atoms with Crippen molar-refractivity contribution < 1.29 is 44.4 Å². The highest BCUT2D eigenvalue weighted by Crippen LogP contribution is 2.10. The van der Waals surface area contributed by atoms with Crippen molar-refractivity contribution in [2.45, 2.75) is 25.2 Å². The van der Waals surface area contributed by atoms with Crippen molar-refractivity contribution in [3.63, 3.8) is 0 Å². The van der Waals surface area contributed by atoms with Crippen molar-refractivity contribution in [1.29, 1.82) is 0 Å². The Morgan fingerprint density at radius 2 is 1.08 bits per heavy atom. The van der Waals surface area contributed by atoms with Gasteiger partial charge in [-0.3, -0.25) is 43.6 Å². The SMILES string of the molecule is BCCNC(=O)CCC(C(=O)O)N1CCN(CC(=O)O)CCN(CC(=O)O)CCN(CC(=O)O)CC1. The lowest BCUT2D eigenvalue weighted by molar-refractivity contribution is -0.145. The normalized spacial score (nSPS) is 18.4. The molecule has 0 aromatic carbocycles. The van der Waals surface area contributed by atoms with E-state index < -0.39 is 29.9 Å². The Labute approximate surface area is 211 Å². The summed E-state index contributed by atoms with van der Waals surface area (Å²) in [6.45, 7) is 1.39. The van der Waals surface area contributed by atoms with Gasteiger partial charge in [-0.15, -0.1) is 0 Å². The minimum Gasteiger partial charge on any atom is -0.480 e. The van der Waals surface area contributed by atoms with Crippen LogP contribution in [0.4, 0.5) is 0 Å². The van der Waals surface area contributed by atoms with Crippen molar-refractivity contribution in [1.82, 2.24) is 24.9 Å². The molecule has 204 valence electrons. The topological polar surface area (TPSA) is 191 Å². The second-order valence-electron chi connectivity index (χ2n) is 8.79. The van der Waals surface area contributed by atoms with Crippen molar-refractivity contribution in [3.8, 4) is 0 Å². The van der Waals surface area contributed by atoms with E-state index in [-0.39, 0.29) is 90.7 Å². The van der Waals surface area contributed by atoms with Crippen LogP contribution < -0.4 is 5.32 Å². The zero-order chi connectivity index (χ0) is 27.1. The zero-order valence-electron chi connectivity index (χ0n) is 20.8. The fourth-order valence-electron chi connectivity index (χ4n) is 4.00.